The second-order valence-corrected chi connectivity index (χ2v) is 2.86. The van der Waals surface area contributed by atoms with Gasteiger partial charge in [-0.1, -0.05) is 0 Å². The molecule has 1 aromatic rings. The van der Waals surface area contributed by atoms with Crippen molar-refractivity contribution in [3.63, 3.8) is 0 Å². The number of hydrogen-bond donors (Lipinski definition) is 1. The van der Waals surface area contributed by atoms with E-state index in [-0.39, 0.29) is 5.69 Å². The molecule has 4 nitrogen and oxygen atoms in total. The third-order valence-corrected chi connectivity index (χ3v) is 1.84. The van der Waals surface area contributed by atoms with Crippen molar-refractivity contribution < 1.29 is 0 Å². The quantitative estimate of drug-likeness (QED) is 0.327. The first-order chi connectivity index (χ1) is 5.77. The van der Waals surface area contributed by atoms with Crippen LogP contribution in [0.5, 0.6) is 0 Å². The lowest BCUT2D eigenvalue weighted by Crippen LogP contribution is -1.84. The molecule has 1 aromatic carbocycles. The van der Waals surface area contributed by atoms with Crippen molar-refractivity contribution >= 4 is 23.1 Å². The summed E-state index contributed by atoms with van der Waals surface area (Å²) in [5.41, 5.74) is 5.95. The molecule has 1 rings (SSSR count). The smallest absolute Gasteiger partial charge is 0.138 e. The number of benzene rings is 1. The zero-order valence-electron chi connectivity index (χ0n) is 6.02. The van der Waals surface area contributed by atoms with Gasteiger partial charge in [0, 0.05) is 4.90 Å². The van der Waals surface area contributed by atoms with Gasteiger partial charge >= 0.3 is 0 Å². The number of thioether (sulfide) groups is 1. The van der Waals surface area contributed by atoms with Crippen LogP contribution < -0.4 is 5.73 Å². The minimum absolute atomic E-state index is 0.206. The Balaban J connectivity index is 3.03. The summed E-state index contributed by atoms with van der Waals surface area (Å²) in [4.78, 5) is 10.8. The predicted octanol–water partition coefficient (Wildman–Crippen LogP) is 2.24. The average molecular weight is 179 g/mol. The van der Waals surface area contributed by atoms with E-state index in [1.54, 1.807) is 12.1 Å². The highest BCUT2D eigenvalue weighted by Crippen LogP contribution is 2.27. The molecule has 60 valence electrons. The molecule has 0 aromatic heterocycles. The van der Waals surface area contributed by atoms with Crippen molar-refractivity contribution in [1.29, 1.82) is 5.26 Å². The summed E-state index contributed by atoms with van der Waals surface area (Å²) < 4.78 is 0. The van der Waals surface area contributed by atoms with Gasteiger partial charge in [-0.15, -0.1) is 4.91 Å². The maximum absolute atomic E-state index is 10.1. The second kappa shape index (κ2) is 3.74. The lowest BCUT2D eigenvalue weighted by Gasteiger charge is -1.97. The van der Waals surface area contributed by atoms with Gasteiger partial charge in [-0.2, -0.15) is 5.26 Å². The van der Waals surface area contributed by atoms with Gasteiger partial charge in [-0.05, 0) is 35.1 Å². The number of nitrogen functional groups attached to an aromatic ring is 1. The van der Waals surface area contributed by atoms with Crippen molar-refractivity contribution in [2.45, 2.75) is 4.90 Å². The Kier molecular flexibility index (Phi) is 2.66. The van der Waals surface area contributed by atoms with Gasteiger partial charge in [0.2, 0.25) is 0 Å². The third-order valence-electron chi connectivity index (χ3n) is 1.26. The van der Waals surface area contributed by atoms with Gasteiger partial charge in [0.05, 0.1) is 5.69 Å². The minimum Gasteiger partial charge on any atom is -0.397 e. The summed E-state index contributed by atoms with van der Waals surface area (Å²) in [6.07, 6.45) is 0. The van der Waals surface area contributed by atoms with E-state index >= 15 is 0 Å². The first-order valence-corrected chi connectivity index (χ1v) is 3.88. The largest absolute Gasteiger partial charge is 0.397 e. The fourth-order valence-electron chi connectivity index (χ4n) is 0.732. The molecule has 0 amide bonds. The van der Waals surface area contributed by atoms with Gasteiger partial charge in [-0.25, -0.2) is 0 Å². The summed E-state index contributed by atoms with van der Waals surface area (Å²) in [5, 5.41) is 12.9. The zero-order chi connectivity index (χ0) is 8.97. The number of rotatable bonds is 2. The Morgan fingerprint density at radius 2 is 2.33 bits per heavy atom. The monoisotopic (exact) mass is 179 g/mol. The molecule has 0 saturated heterocycles. The molecule has 0 bridgehead atoms. The molecular weight excluding hydrogens is 174 g/mol. The third kappa shape index (κ3) is 1.74. The Labute approximate surface area is 73.3 Å². The molecule has 12 heavy (non-hydrogen) atoms. The Hall–Kier alpha value is -1.54. The van der Waals surface area contributed by atoms with Crippen LogP contribution in [0.4, 0.5) is 11.4 Å². The highest BCUT2D eigenvalue weighted by atomic mass is 32.2. The molecular formula is C7H5N3OS. The average Bonchev–Trinajstić information content (AvgIpc) is 2.05. The summed E-state index contributed by atoms with van der Waals surface area (Å²) in [7, 11) is 0. The highest BCUT2D eigenvalue weighted by Gasteiger charge is 2.00. The Morgan fingerprint density at radius 1 is 1.58 bits per heavy atom. The van der Waals surface area contributed by atoms with E-state index in [1.165, 1.54) is 6.07 Å². The first kappa shape index (κ1) is 8.56. The molecule has 0 spiro atoms. The molecule has 0 aliphatic rings. The number of thiocyanates is 1. The number of nitroso groups, excluding NO2 is 1. The molecule has 5 heteroatoms. The fraction of sp³-hybridized carbons (Fsp3) is 0. The van der Waals surface area contributed by atoms with Crippen molar-refractivity contribution in [3.8, 4) is 5.40 Å². The first-order valence-electron chi connectivity index (χ1n) is 3.06. The molecule has 0 fully saturated rings. The second-order valence-electron chi connectivity index (χ2n) is 2.01. The van der Waals surface area contributed by atoms with E-state index in [0.717, 1.165) is 11.8 Å². The molecule has 0 aliphatic heterocycles. The van der Waals surface area contributed by atoms with Crippen molar-refractivity contribution in [3.05, 3.63) is 23.1 Å². The van der Waals surface area contributed by atoms with Crippen molar-refractivity contribution in [1.82, 2.24) is 0 Å². The highest BCUT2D eigenvalue weighted by molar-refractivity contribution is 8.03. The van der Waals surface area contributed by atoms with Crippen LogP contribution in [-0.2, 0) is 0 Å². The van der Waals surface area contributed by atoms with E-state index in [4.69, 9.17) is 11.0 Å². The molecule has 0 aliphatic carbocycles. The molecule has 0 atom stereocenters. The van der Waals surface area contributed by atoms with Crippen LogP contribution in [0.15, 0.2) is 28.3 Å². The SMILES string of the molecule is N#CSc1ccc(N=O)c(N)c1. The fourth-order valence-corrected chi connectivity index (χ4v) is 1.16. The maximum atomic E-state index is 10.1. The molecule has 0 unspecified atom stereocenters. The van der Waals surface area contributed by atoms with Crippen LogP contribution in [0, 0.1) is 15.6 Å². The van der Waals surface area contributed by atoms with E-state index in [2.05, 4.69) is 5.18 Å². The van der Waals surface area contributed by atoms with Crippen molar-refractivity contribution in [2.75, 3.05) is 5.73 Å². The van der Waals surface area contributed by atoms with Crippen LogP contribution in [0.3, 0.4) is 0 Å². The summed E-state index contributed by atoms with van der Waals surface area (Å²) in [5.74, 6) is 0. The number of nitrogens with zero attached hydrogens (tertiary/aromatic N) is 2. The van der Waals surface area contributed by atoms with E-state index in [9.17, 15) is 4.91 Å². The van der Waals surface area contributed by atoms with Crippen LogP contribution in [0.2, 0.25) is 0 Å². The van der Waals surface area contributed by atoms with Gasteiger partial charge in [-0.3, -0.25) is 0 Å². The summed E-state index contributed by atoms with van der Waals surface area (Å²) >= 11 is 0.990. The summed E-state index contributed by atoms with van der Waals surface area (Å²) in [6.45, 7) is 0. The van der Waals surface area contributed by atoms with E-state index in [1.807, 2.05) is 5.40 Å². The zero-order valence-corrected chi connectivity index (χ0v) is 6.84. The number of anilines is 1. The lowest BCUT2D eigenvalue weighted by atomic mass is 10.3. The van der Waals surface area contributed by atoms with Gasteiger partial charge in [0.25, 0.3) is 0 Å². The number of nitrogens with two attached hydrogens (primary N) is 1. The summed E-state index contributed by atoms with van der Waals surface area (Å²) in [6, 6.07) is 4.66. The van der Waals surface area contributed by atoms with Crippen LogP contribution >= 0.6 is 11.8 Å². The van der Waals surface area contributed by atoms with Crippen molar-refractivity contribution in [2.24, 2.45) is 5.18 Å². The number of hydrogen-bond acceptors (Lipinski definition) is 5. The van der Waals surface area contributed by atoms with Gasteiger partial charge in [0.1, 0.15) is 11.1 Å². The molecule has 0 heterocycles. The molecule has 2 N–H and O–H groups in total. The maximum Gasteiger partial charge on any atom is 0.138 e. The topological polar surface area (TPSA) is 79.2 Å². The van der Waals surface area contributed by atoms with Gasteiger partial charge in [0.15, 0.2) is 0 Å². The lowest BCUT2D eigenvalue weighted by molar-refractivity contribution is 1.41. The Morgan fingerprint density at radius 3 is 2.83 bits per heavy atom. The van der Waals surface area contributed by atoms with E-state index < -0.39 is 0 Å². The normalized spacial score (nSPS) is 8.92. The predicted molar refractivity (Wildman–Crippen MR) is 47.8 cm³/mol. The standard InChI is InChI=1S/C7H5N3OS/c8-4-12-5-1-2-7(10-11)6(9)3-5/h1-3H,9H2. The molecule has 0 saturated carbocycles. The van der Waals surface area contributed by atoms with Crippen LogP contribution in [-0.4, -0.2) is 0 Å². The van der Waals surface area contributed by atoms with Gasteiger partial charge < -0.3 is 5.73 Å². The minimum atomic E-state index is 0.206. The van der Waals surface area contributed by atoms with Crippen LogP contribution in [0.25, 0.3) is 0 Å². The molecule has 0 radical (unpaired) electrons. The van der Waals surface area contributed by atoms with Crippen LogP contribution in [0.1, 0.15) is 0 Å². The number of nitriles is 1. The Bertz CT molecular complexity index is 345. The van der Waals surface area contributed by atoms with E-state index in [0.29, 0.717) is 10.6 Å².